The highest BCUT2D eigenvalue weighted by Crippen LogP contribution is 2.34. The molecule has 21 heavy (non-hydrogen) atoms. The van der Waals surface area contributed by atoms with Gasteiger partial charge in [-0.25, -0.2) is 9.59 Å². The Balaban J connectivity index is 2.48. The molecule has 0 N–H and O–H groups in total. The van der Waals surface area contributed by atoms with E-state index in [2.05, 4.69) is 20.7 Å². The molecular weight excluding hydrogens is 338 g/mol. The molecule has 5 nitrogen and oxygen atoms in total. The lowest BCUT2D eigenvalue weighted by molar-refractivity contribution is -0.138. The first-order chi connectivity index (χ1) is 10.1. The summed E-state index contributed by atoms with van der Waals surface area (Å²) in [6.45, 7) is 0.640. The Labute approximate surface area is 131 Å². The highest BCUT2D eigenvalue weighted by molar-refractivity contribution is 9.10. The minimum absolute atomic E-state index is 0.184. The van der Waals surface area contributed by atoms with E-state index in [1.165, 1.54) is 20.3 Å². The molecule has 0 unspecified atom stereocenters. The number of methoxy groups -OCH3 is 2. The van der Waals surface area contributed by atoms with Crippen LogP contribution in [0.5, 0.6) is 0 Å². The van der Waals surface area contributed by atoms with E-state index in [-0.39, 0.29) is 5.70 Å². The number of fused-ring (bicyclic) bond motifs is 1. The van der Waals surface area contributed by atoms with Crippen molar-refractivity contribution < 1.29 is 19.1 Å². The fourth-order valence-corrected chi connectivity index (χ4v) is 2.91. The molecule has 0 radical (unpaired) electrons. The maximum atomic E-state index is 12.0. The number of anilines is 1. The normalized spacial score (nSPS) is 14.4. The van der Waals surface area contributed by atoms with Crippen molar-refractivity contribution in [1.82, 2.24) is 0 Å². The molecule has 0 bridgehead atoms. The lowest BCUT2D eigenvalue weighted by Gasteiger charge is -2.32. The van der Waals surface area contributed by atoms with Crippen LogP contribution < -0.4 is 4.90 Å². The molecule has 0 aliphatic carbocycles. The Morgan fingerprint density at radius 1 is 1.29 bits per heavy atom. The highest BCUT2D eigenvalue weighted by Gasteiger charge is 2.26. The van der Waals surface area contributed by atoms with Crippen LogP contribution in [0.4, 0.5) is 5.69 Å². The Bertz CT molecular complexity index is 597. The van der Waals surface area contributed by atoms with Crippen LogP contribution in [0.3, 0.4) is 0 Å². The maximum Gasteiger partial charge on any atom is 0.354 e. The van der Waals surface area contributed by atoms with E-state index in [9.17, 15) is 9.59 Å². The van der Waals surface area contributed by atoms with Crippen LogP contribution in [0.1, 0.15) is 12.0 Å². The van der Waals surface area contributed by atoms with E-state index >= 15 is 0 Å². The van der Waals surface area contributed by atoms with Gasteiger partial charge in [-0.2, -0.15) is 0 Å². The van der Waals surface area contributed by atoms with Gasteiger partial charge in [0.05, 0.1) is 20.3 Å². The van der Waals surface area contributed by atoms with E-state index < -0.39 is 11.9 Å². The van der Waals surface area contributed by atoms with Gasteiger partial charge in [0, 0.05) is 16.7 Å². The van der Waals surface area contributed by atoms with Crippen LogP contribution in [-0.4, -0.2) is 32.7 Å². The van der Waals surface area contributed by atoms with Crippen molar-refractivity contribution in [3.63, 3.8) is 0 Å². The summed E-state index contributed by atoms with van der Waals surface area (Å²) < 4.78 is 10.4. The number of rotatable bonds is 3. The van der Waals surface area contributed by atoms with Gasteiger partial charge in [0.25, 0.3) is 0 Å². The average Bonchev–Trinajstić information content (AvgIpc) is 2.51. The molecule has 0 aromatic heterocycles. The van der Waals surface area contributed by atoms with E-state index in [1.54, 1.807) is 4.90 Å². The SMILES string of the molecule is COC(=O)/C=C(\C(=O)OC)N1CCCc2c(Br)cccc21. The summed E-state index contributed by atoms with van der Waals surface area (Å²) in [7, 11) is 2.56. The molecule has 112 valence electrons. The quantitative estimate of drug-likeness (QED) is 0.617. The van der Waals surface area contributed by atoms with Crippen molar-refractivity contribution in [3.8, 4) is 0 Å². The minimum Gasteiger partial charge on any atom is -0.466 e. The van der Waals surface area contributed by atoms with Crippen LogP contribution in [0, 0.1) is 0 Å². The third-order valence-corrected chi connectivity index (χ3v) is 4.08. The zero-order valence-electron chi connectivity index (χ0n) is 11.9. The van der Waals surface area contributed by atoms with Gasteiger partial charge in [-0.05, 0) is 30.5 Å². The number of carbonyl (C=O) groups is 2. The summed E-state index contributed by atoms with van der Waals surface area (Å²) in [6.07, 6.45) is 2.97. The molecule has 0 saturated heterocycles. The molecule has 1 aromatic carbocycles. The molecule has 6 heteroatoms. The lowest BCUT2D eigenvalue weighted by Crippen LogP contribution is -2.33. The molecular formula is C15H16BrNO4. The summed E-state index contributed by atoms with van der Waals surface area (Å²) >= 11 is 3.52. The number of halogens is 1. The summed E-state index contributed by atoms with van der Waals surface area (Å²) in [6, 6.07) is 5.78. The van der Waals surface area contributed by atoms with Gasteiger partial charge in [-0.15, -0.1) is 0 Å². The number of ether oxygens (including phenoxy) is 2. The van der Waals surface area contributed by atoms with Crippen molar-refractivity contribution in [1.29, 1.82) is 0 Å². The molecule has 1 aliphatic rings. The molecule has 0 spiro atoms. The lowest BCUT2D eigenvalue weighted by atomic mass is 10.0. The van der Waals surface area contributed by atoms with Crippen LogP contribution in [0.2, 0.25) is 0 Å². The predicted molar refractivity (Wildman–Crippen MR) is 81.9 cm³/mol. The van der Waals surface area contributed by atoms with Crippen LogP contribution >= 0.6 is 15.9 Å². The third-order valence-electron chi connectivity index (χ3n) is 3.33. The first-order valence-electron chi connectivity index (χ1n) is 6.51. The predicted octanol–water partition coefficient (Wildman–Crippen LogP) is 2.43. The van der Waals surface area contributed by atoms with E-state index in [0.29, 0.717) is 6.54 Å². The second-order valence-electron chi connectivity index (χ2n) is 4.54. The molecule has 1 heterocycles. The monoisotopic (exact) mass is 353 g/mol. The Morgan fingerprint density at radius 2 is 2.05 bits per heavy atom. The fourth-order valence-electron chi connectivity index (χ4n) is 2.35. The average molecular weight is 354 g/mol. The Hall–Kier alpha value is -1.82. The van der Waals surface area contributed by atoms with E-state index in [4.69, 9.17) is 4.74 Å². The van der Waals surface area contributed by atoms with Crippen LogP contribution in [0.15, 0.2) is 34.4 Å². The largest absolute Gasteiger partial charge is 0.466 e. The molecule has 0 atom stereocenters. The number of hydrogen-bond donors (Lipinski definition) is 0. The summed E-state index contributed by atoms with van der Waals surface area (Å²) in [5.74, 6) is -1.15. The molecule has 2 rings (SSSR count). The van der Waals surface area contributed by atoms with Gasteiger partial charge in [-0.3, -0.25) is 0 Å². The number of carbonyl (C=O) groups excluding carboxylic acids is 2. The van der Waals surface area contributed by atoms with Crippen molar-refractivity contribution in [2.45, 2.75) is 12.8 Å². The first kappa shape index (κ1) is 15.6. The van der Waals surface area contributed by atoms with Gasteiger partial charge in [0.15, 0.2) is 0 Å². The summed E-state index contributed by atoms with van der Waals surface area (Å²) in [4.78, 5) is 25.3. The Kier molecular flexibility index (Phi) is 5.01. The third kappa shape index (κ3) is 3.26. The van der Waals surface area contributed by atoms with Gasteiger partial charge in [-0.1, -0.05) is 22.0 Å². The second-order valence-corrected chi connectivity index (χ2v) is 5.39. The van der Waals surface area contributed by atoms with Crippen LogP contribution in [0.25, 0.3) is 0 Å². The van der Waals surface area contributed by atoms with Crippen molar-refractivity contribution >= 4 is 33.6 Å². The molecule has 0 amide bonds. The first-order valence-corrected chi connectivity index (χ1v) is 7.30. The number of esters is 2. The maximum absolute atomic E-state index is 12.0. The van der Waals surface area contributed by atoms with Gasteiger partial charge < -0.3 is 14.4 Å². The highest BCUT2D eigenvalue weighted by atomic mass is 79.9. The zero-order valence-corrected chi connectivity index (χ0v) is 13.5. The van der Waals surface area contributed by atoms with Gasteiger partial charge in [0.2, 0.25) is 0 Å². The second kappa shape index (κ2) is 6.76. The summed E-state index contributed by atoms with van der Waals surface area (Å²) in [5, 5.41) is 0. The smallest absolute Gasteiger partial charge is 0.354 e. The molecule has 1 aliphatic heterocycles. The number of hydrogen-bond acceptors (Lipinski definition) is 5. The van der Waals surface area contributed by atoms with Gasteiger partial charge in [0.1, 0.15) is 5.70 Å². The Morgan fingerprint density at radius 3 is 2.71 bits per heavy atom. The number of benzene rings is 1. The van der Waals surface area contributed by atoms with Crippen molar-refractivity contribution in [2.75, 3.05) is 25.7 Å². The molecule has 1 aromatic rings. The fraction of sp³-hybridized carbons (Fsp3) is 0.333. The molecule has 0 fully saturated rings. The standard InChI is InChI=1S/C15H16BrNO4/c1-20-14(18)9-13(15(19)21-2)17-8-4-5-10-11(16)6-3-7-12(10)17/h3,6-7,9H,4-5,8H2,1-2H3/b13-9+. The molecule has 0 saturated carbocycles. The van der Waals surface area contributed by atoms with Crippen molar-refractivity contribution in [2.24, 2.45) is 0 Å². The van der Waals surface area contributed by atoms with E-state index in [0.717, 1.165) is 28.6 Å². The number of nitrogens with zero attached hydrogens (tertiary/aromatic N) is 1. The summed E-state index contributed by atoms with van der Waals surface area (Å²) in [5.41, 5.74) is 2.20. The zero-order chi connectivity index (χ0) is 15.4. The van der Waals surface area contributed by atoms with Crippen LogP contribution in [-0.2, 0) is 25.5 Å². The van der Waals surface area contributed by atoms with Gasteiger partial charge >= 0.3 is 11.9 Å². The topological polar surface area (TPSA) is 55.8 Å². The van der Waals surface area contributed by atoms with E-state index in [1.807, 2.05) is 18.2 Å². The minimum atomic E-state index is -0.586. The van der Waals surface area contributed by atoms with Crippen molar-refractivity contribution in [3.05, 3.63) is 40.0 Å².